The Kier molecular flexibility index (Phi) is 7.64. The van der Waals surface area contributed by atoms with Crippen molar-refractivity contribution < 1.29 is 17.6 Å². The highest BCUT2D eigenvalue weighted by Gasteiger charge is 2.16. The normalized spacial score (nSPS) is 12.7. The Balaban J connectivity index is 1.65. The predicted octanol–water partition coefficient (Wildman–Crippen LogP) is 4.30. The molecular weight excluding hydrogens is 494 g/mol. The summed E-state index contributed by atoms with van der Waals surface area (Å²) in [5.74, 6) is 0.0759. The topological polar surface area (TPSA) is 112 Å². The van der Waals surface area contributed by atoms with Gasteiger partial charge in [-0.05, 0) is 48.9 Å². The van der Waals surface area contributed by atoms with Crippen LogP contribution in [0.2, 0.25) is 0 Å². The van der Waals surface area contributed by atoms with Gasteiger partial charge in [0, 0.05) is 10.5 Å². The van der Waals surface area contributed by atoms with E-state index in [1.807, 2.05) is 43.3 Å². The number of nitrogens with zero attached hydrogens (tertiary/aromatic N) is 1. The van der Waals surface area contributed by atoms with Gasteiger partial charge in [-0.3, -0.25) is 4.79 Å². The third kappa shape index (κ3) is 6.17. The SMILES string of the molecule is C[C@H](NC(=O)/C(C#N)=C\c1ccc(CNS(=O)(=O)c2ccc(Br)cc2)o1)c1ccccc1. The first-order chi connectivity index (χ1) is 15.3. The lowest BCUT2D eigenvalue weighted by Gasteiger charge is -2.13. The second-order valence-electron chi connectivity index (χ2n) is 6.86. The Hall–Kier alpha value is -3.19. The Morgan fingerprint density at radius 2 is 1.81 bits per heavy atom. The largest absolute Gasteiger partial charge is 0.460 e. The van der Waals surface area contributed by atoms with E-state index in [-0.39, 0.29) is 28.8 Å². The van der Waals surface area contributed by atoms with Crippen molar-refractivity contribution in [1.82, 2.24) is 10.0 Å². The molecule has 3 rings (SSSR count). The van der Waals surface area contributed by atoms with Crippen LogP contribution in [-0.2, 0) is 21.4 Å². The second kappa shape index (κ2) is 10.4. The van der Waals surface area contributed by atoms with Gasteiger partial charge in [-0.1, -0.05) is 46.3 Å². The number of amides is 1. The third-order valence-electron chi connectivity index (χ3n) is 4.54. The van der Waals surface area contributed by atoms with Crippen molar-refractivity contribution in [2.75, 3.05) is 0 Å². The van der Waals surface area contributed by atoms with E-state index in [9.17, 15) is 18.5 Å². The molecule has 0 aliphatic rings. The van der Waals surface area contributed by atoms with Gasteiger partial charge in [0.15, 0.2) is 0 Å². The standard InChI is InChI=1S/C23H20BrN3O4S/c1-16(17-5-3-2-4-6-17)27-23(28)18(14-25)13-20-9-10-21(31-20)15-26-32(29,30)22-11-7-19(24)8-12-22/h2-13,16,26H,15H2,1H3,(H,27,28)/b18-13-/t16-/m0/s1. The Bertz CT molecular complexity index is 1260. The zero-order valence-corrected chi connectivity index (χ0v) is 19.5. The molecule has 0 aliphatic carbocycles. The molecule has 0 aliphatic heterocycles. The molecule has 0 fully saturated rings. The van der Waals surface area contributed by atoms with E-state index in [1.54, 1.807) is 24.3 Å². The van der Waals surface area contributed by atoms with E-state index in [2.05, 4.69) is 26.0 Å². The van der Waals surface area contributed by atoms with Crippen LogP contribution < -0.4 is 10.0 Å². The van der Waals surface area contributed by atoms with E-state index in [1.165, 1.54) is 18.2 Å². The average molecular weight is 514 g/mol. The first-order valence-electron chi connectivity index (χ1n) is 9.60. The molecule has 7 nitrogen and oxygen atoms in total. The lowest BCUT2D eigenvalue weighted by atomic mass is 10.1. The van der Waals surface area contributed by atoms with Crippen molar-refractivity contribution in [3.63, 3.8) is 0 Å². The number of furan rings is 1. The molecule has 0 saturated heterocycles. The minimum atomic E-state index is -3.71. The number of halogens is 1. The highest BCUT2D eigenvalue weighted by atomic mass is 79.9. The number of carbonyl (C=O) groups is 1. The lowest BCUT2D eigenvalue weighted by Crippen LogP contribution is -2.27. The van der Waals surface area contributed by atoms with Crippen molar-refractivity contribution in [3.05, 3.63) is 93.9 Å². The summed E-state index contributed by atoms with van der Waals surface area (Å²) in [5.41, 5.74) is 0.792. The van der Waals surface area contributed by atoms with Crippen LogP contribution in [0.25, 0.3) is 6.08 Å². The fraction of sp³-hybridized carbons (Fsp3) is 0.130. The quantitative estimate of drug-likeness (QED) is 0.344. The van der Waals surface area contributed by atoms with Gasteiger partial charge >= 0.3 is 0 Å². The van der Waals surface area contributed by atoms with Gasteiger partial charge < -0.3 is 9.73 Å². The van der Waals surface area contributed by atoms with Crippen molar-refractivity contribution in [2.24, 2.45) is 0 Å². The number of nitrogens with one attached hydrogen (secondary N) is 2. The molecular formula is C23H20BrN3O4S. The zero-order chi connectivity index (χ0) is 23.1. The maximum Gasteiger partial charge on any atom is 0.262 e. The molecule has 1 heterocycles. The number of rotatable bonds is 8. The van der Waals surface area contributed by atoms with Crippen LogP contribution in [-0.4, -0.2) is 14.3 Å². The summed E-state index contributed by atoms with van der Waals surface area (Å²) in [6.45, 7) is 1.75. The molecule has 0 spiro atoms. The molecule has 32 heavy (non-hydrogen) atoms. The predicted molar refractivity (Wildman–Crippen MR) is 123 cm³/mol. The number of nitriles is 1. The summed E-state index contributed by atoms with van der Waals surface area (Å²) in [5, 5.41) is 12.2. The molecule has 2 N–H and O–H groups in total. The molecule has 0 saturated carbocycles. The number of hydrogen-bond donors (Lipinski definition) is 2. The molecule has 9 heteroatoms. The van der Waals surface area contributed by atoms with E-state index in [4.69, 9.17) is 4.42 Å². The summed E-state index contributed by atoms with van der Waals surface area (Å²) in [7, 11) is -3.71. The van der Waals surface area contributed by atoms with E-state index >= 15 is 0 Å². The van der Waals surface area contributed by atoms with E-state index in [0.717, 1.165) is 10.0 Å². The molecule has 0 radical (unpaired) electrons. The summed E-state index contributed by atoms with van der Waals surface area (Å²) in [6.07, 6.45) is 1.32. The van der Waals surface area contributed by atoms with Crippen molar-refractivity contribution in [3.8, 4) is 6.07 Å². The van der Waals surface area contributed by atoms with Gasteiger partial charge in [0.1, 0.15) is 23.2 Å². The van der Waals surface area contributed by atoms with Crippen LogP contribution in [0.4, 0.5) is 0 Å². The maximum absolute atomic E-state index is 12.5. The number of hydrogen-bond acceptors (Lipinski definition) is 5. The van der Waals surface area contributed by atoms with Crippen LogP contribution >= 0.6 is 15.9 Å². The molecule has 2 aromatic carbocycles. The number of sulfonamides is 1. The maximum atomic E-state index is 12.5. The summed E-state index contributed by atoms with van der Waals surface area (Å²) < 4.78 is 33.6. The Labute approximate surface area is 194 Å². The van der Waals surface area contributed by atoms with E-state index < -0.39 is 15.9 Å². The summed E-state index contributed by atoms with van der Waals surface area (Å²) >= 11 is 3.26. The molecule has 1 amide bonds. The van der Waals surface area contributed by atoms with Crippen molar-refractivity contribution >= 4 is 37.9 Å². The first-order valence-corrected chi connectivity index (χ1v) is 11.9. The van der Waals surface area contributed by atoms with Crippen molar-refractivity contribution in [2.45, 2.75) is 24.4 Å². The fourth-order valence-electron chi connectivity index (χ4n) is 2.82. The van der Waals surface area contributed by atoms with Gasteiger partial charge in [0.05, 0.1) is 17.5 Å². The second-order valence-corrected chi connectivity index (χ2v) is 9.54. The Morgan fingerprint density at radius 3 is 2.47 bits per heavy atom. The zero-order valence-electron chi connectivity index (χ0n) is 17.1. The minimum Gasteiger partial charge on any atom is -0.460 e. The molecule has 3 aromatic rings. The lowest BCUT2D eigenvalue weighted by molar-refractivity contribution is -0.117. The van der Waals surface area contributed by atoms with Crippen LogP contribution in [0.15, 0.2) is 86.1 Å². The van der Waals surface area contributed by atoms with Crippen molar-refractivity contribution in [1.29, 1.82) is 5.26 Å². The highest BCUT2D eigenvalue weighted by Crippen LogP contribution is 2.17. The van der Waals surface area contributed by atoms with Crippen LogP contribution in [0.5, 0.6) is 0 Å². The summed E-state index contributed by atoms with van der Waals surface area (Å²) in [6, 6.07) is 20.4. The fourth-order valence-corrected chi connectivity index (χ4v) is 4.08. The van der Waals surface area contributed by atoms with Gasteiger partial charge in [0.2, 0.25) is 10.0 Å². The van der Waals surface area contributed by atoms with Crippen LogP contribution in [0.1, 0.15) is 30.0 Å². The molecule has 164 valence electrons. The van der Waals surface area contributed by atoms with Gasteiger partial charge in [-0.2, -0.15) is 5.26 Å². The van der Waals surface area contributed by atoms with E-state index in [0.29, 0.717) is 5.76 Å². The molecule has 1 aromatic heterocycles. The average Bonchev–Trinajstić information content (AvgIpc) is 3.24. The minimum absolute atomic E-state index is 0.0780. The molecule has 1 atom stereocenters. The number of carbonyl (C=O) groups excluding carboxylic acids is 1. The molecule has 0 bridgehead atoms. The van der Waals surface area contributed by atoms with Gasteiger partial charge in [0.25, 0.3) is 5.91 Å². The van der Waals surface area contributed by atoms with Crippen LogP contribution in [0, 0.1) is 11.3 Å². The summed E-state index contributed by atoms with van der Waals surface area (Å²) in [4.78, 5) is 12.6. The first kappa shape index (κ1) is 23.5. The van der Waals surface area contributed by atoms with Gasteiger partial charge in [-0.25, -0.2) is 13.1 Å². The Morgan fingerprint density at radius 1 is 1.12 bits per heavy atom. The smallest absolute Gasteiger partial charge is 0.262 e. The number of benzene rings is 2. The monoisotopic (exact) mass is 513 g/mol. The van der Waals surface area contributed by atoms with Gasteiger partial charge in [-0.15, -0.1) is 0 Å². The van der Waals surface area contributed by atoms with Crippen LogP contribution in [0.3, 0.4) is 0 Å². The highest BCUT2D eigenvalue weighted by molar-refractivity contribution is 9.10. The third-order valence-corrected chi connectivity index (χ3v) is 6.49. The molecule has 0 unspecified atom stereocenters.